The topological polar surface area (TPSA) is 71.8 Å². The maximum absolute atomic E-state index is 9.18. The van der Waals surface area contributed by atoms with E-state index in [1.807, 2.05) is 6.07 Å². The van der Waals surface area contributed by atoms with Crippen molar-refractivity contribution in [2.45, 2.75) is 33.2 Å². The fourth-order valence-corrected chi connectivity index (χ4v) is 6.50. The molecule has 2 aliphatic heterocycles. The molecular weight excluding hydrogens is 416 g/mol. The second-order valence-electron chi connectivity index (χ2n) is 9.40. The first kappa shape index (κ1) is 19.7. The number of aromatic amines is 1. The summed E-state index contributed by atoms with van der Waals surface area (Å²) >= 11 is 1.79. The number of thiophene rings is 1. The van der Waals surface area contributed by atoms with Crippen LogP contribution in [0, 0.1) is 23.7 Å². The van der Waals surface area contributed by atoms with Crippen LogP contribution in [0.4, 0.5) is 5.82 Å². The summed E-state index contributed by atoms with van der Waals surface area (Å²) in [7, 11) is 0. The first-order valence-corrected chi connectivity index (χ1v) is 12.1. The van der Waals surface area contributed by atoms with Gasteiger partial charge in [-0.15, -0.1) is 11.3 Å². The Morgan fingerprint density at radius 1 is 1.19 bits per heavy atom. The summed E-state index contributed by atoms with van der Waals surface area (Å²) in [4.78, 5) is 19.9. The molecule has 0 amide bonds. The van der Waals surface area contributed by atoms with E-state index in [0.717, 1.165) is 60.7 Å². The lowest BCUT2D eigenvalue weighted by Gasteiger charge is -2.48. The lowest BCUT2D eigenvalue weighted by atomic mass is 9.78. The van der Waals surface area contributed by atoms with Gasteiger partial charge in [-0.1, -0.05) is 13.0 Å². The molecule has 3 aromatic heterocycles. The number of nitrogens with one attached hydrogen (secondary N) is 1. The standard InChI is InChI=1S/C25H26N6S/c1-3-19-9-21-23(27-15-28-24(21)32-19)31-7-6-25(14-31)12-30(13-25)11-17-4-5-22-20(16(17)2)8-18(10-26)29-22/h4-5,8-9,15,29H,3,6-7,11-14H2,1-2H3. The number of hydrogen-bond acceptors (Lipinski definition) is 6. The van der Waals surface area contributed by atoms with E-state index in [2.05, 4.69) is 62.9 Å². The molecule has 1 spiro atoms. The zero-order valence-corrected chi connectivity index (χ0v) is 19.3. The maximum atomic E-state index is 9.18. The van der Waals surface area contributed by atoms with E-state index in [0.29, 0.717) is 11.1 Å². The molecule has 0 unspecified atom stereocenters. The third-order valence-electron chi connectivity index (χ3n) is 7.26. The lowest BCUT2D eigenvalue weighted by Crippen LogP contribution is -2.56. The Labute approximate surface area is 191 Å². The van der Waals surface area contributed by atoms with Crippen LogP contribution in [0.1, 0.15) is 35.0 Å². The first-order valence-electron chi connectivity index (χ1n) is 11.3. The maximum Gasteiger partial charge on any atom is 0.140 e. The minimum Gasteiger partial charge on any atom is -0.355 e. The Bertz CT molecular complexity index is 1370. The van der Waals surface area contributed by atoms with E-state index in [1.54, 1.807) is 17.7 Å². The van der Waals surface area contributed by atoms with E-state index in [-0.39, 0.29) is 0 Å². The monoisotopic (exact) mass is 442 g/mol. The molecule has 0 bridgehead atoms. The fraction of sp³-hybridized carbons (Fsp3) is 0.400. The molecule has 1 aromatic carbocycles. The van der Waals surface area contributed by atoms with Crippen molar-refractivity contribution in [2.24, 2.45) is 5.41 Å². The van der Waals surface area contributed by atoms with E-state index in [9.17, 15) is 5.26 Å². The van der Waals surface area contributed by atoms with Gasteiger partial charge in [-0.25, -0.2) is 9.97 Å². The summed E-state index contributed by atoms with van der Waals surface area (Å²) in [5.74, 6) is 1.11. The summed E-state index contributed by atoms with van der Waals surface area (Å²) in [5, 5.41) is 11.6. The van der Waals surface area contributed by atoms with Crippen LogP contribution in [0.25, 0.3) is 21.1 Å². The van der Waals surface area contributed by atoms with Crippen LogP contribution in [-0.2, 0) is 13.0 Å². The van der Waals surface area contributed by atoms with Gasteiger partial charge in [-0.05, 0) is 49.1 Å². The van der Waals surface area contributed by atoms with Gasteiger partial charge in [-0.3, -0.25) is 4.90 Å². The molecule has 4 aromatic rings. The van der Waals surface area contributed by atoms with Crippen LogP contribution in [0.3, 0.4) is 0 Å². The number of H-pyrrole nitrogens is 1. The fourth-order valence-electron chi connectivity index (χ4n) is 5.57. The van der Waals surface area contributed by atoms with E-state index in [1.165, 1.54) is 27.8 Å². The summed E-state index contributed by atoms with van der Waals surface area (Å²) in [6.07, 6.45) is 4.00. The van der Waals surface area contributed by atoms with Crippen LogP contribution in [0.15, 0.2) is 30.6 Å². The number of nitriles is 1. The average Bonchev–Trinajstić information content (AvgIpc) is 3.51. The van der Waals surface area contributed by atoms with Crippen molar-refractivity contribution < 1.29 is 0 Å². The molecule has 6 rings (SSSR count). The predicted octanol–water partition coefficient (Wildman–Crippen LogP) is 4.63. The Hall–Kier alpha value is -2.95. The third kappa shape index (κ3) is 3.09. The zero-order valence-electron chi connectivity index (χ0n) is 18.5. The Morgan fingerprint density at radius 3 is 2.88 bits per heavy atom. The van der Waals surface area contributed by atoms with Crippen molar-refractivity contribution in [1.29, 1.82) is 5.26 Å². The molecular formula is C25H26N6S. The number of rotatable bonds is 4. The Kier molecular flexibility index (Phi) is 4.49. The van der Waals surface area contributed by atoms with Gasteiger partial charge >= 0.3 is 0 Å². The van der Waals surface area contributed by atoms with Gasteiger partial charge in [0.15, 0.2) is 0 Å². The lowest BCUT2D eigenvalue weighted by molar-refractivity contribution is 0.0116. The van der Waals surface area contributed by atoms with Crippen LogP contribution in [-0.4, -0.2) is 46.0 Å². The number of aromatic nitrogens is 3. The van der Waals surface area contributed by atoms with Crippen LogP contribution in [0.2, 0.25) is 0 Å². The van der Waals surface area contributed by atoms with Gasteiger partial charge in [0.2, 0.25) is 0 Å². The summed E-state index contributed by atoms with van der Waals surface area (Å²) in [5.41, 5.74) is 4.69. The number of likely N-dealkylation sites (tertiary alicyclic amines) is 1. The molecule has 0 saturated carbocycles. The molecule has 5 heterocycles. The number of aryl methyl sites for hydroxylation is 2. The summed E-state index contributed by atoms with van der Waals surface area (Å²) in [6, 6.07) is 10.8. The first-order chi connectivity index (χ1) is 15.6. The highest BCUT2D eigenvalue weighted by Crippen LogP contribution is 2.43. The number of nitrogens with zero attached hydrogens (tertiary/aromatic N) is 5. The largest absolute Gasteiger partial charge is 0.355 e. The van der Waals surface area contributed by atoms with Gasteiger partial charge in [0.05, 0.1) is 5.39 Å². The summed E-state index contributed by atoms with van der Waals surface area (Å²) < 4.78 is 0. The Balaban J connectivity index is 1.16. The molecule has 7 heteroatoms. The second-order valence-corrected chi connectivity index (χ2v) is 10.5. The van der Waals surface area contributed by atoms with Crippen LogP contribution in [0.5, 0.6) is 0 Å². The molecule has 1 N–H and O–H groups in total. The van der Waals surface area contributed by atoms with Crippen molar-refractivity contribution in [3.05, 3.63) is 52.3 Å². The number of fused-ring (bicyclic) bond motifs is 2. The summed E-state index contributed by atoms with van der Waals surface area (Å²) in [6.45, 7) is 9.76. The molecule has 2 aliphatic rings. The highest BCUT2D eigenvalue weighted by atomic mass is 32.1. The van der Waals surface area contributed by atoms with Crippen LogP contribution >= 0.6 is 11.3 Å². The molecule has 32 heavy (non-hydrogen) atoms. The molecule has 0 aliphatic carbocycles. The van der Waals surface area contributed by atoms with Crippen molar-refractivity contribution >= 4 is 38.3 Å². The smallest absolute Gasteiger partial charge is 0.140 e. The minimum atomic E-state index is 0.376. The normalized spacial score (nSPS) is 18.0. The predicted molar refractivity (Wildman–Crippen MR) is 129 cm³/mol. The van der Waals surface area contributed by atoms with Gasteiger partial charge in [0.25, 0.3) is 0 Å². The van der Waals surface area contributed by atoms with Crippen molar-refractivity contribution in [3.8, 4) is 6.07 Å². The molecule has 2 fully saturated rings. The van der Waals surface area contributed by atoms with Crippen molar-refractivity contribution in [1.82, 2.24) is 19.9 Å². The van der Waals surface area contributed by atoms with Gasteiger partial charge < -0.3 is 9.88 Å². The minimum absolute atomic E-state index is 0.376. The van der Waals surface area contributed by atoms with E-state index < -0.39 is 0 Å². The van der Waals surface area contributed by atoms with Crippen LogP contribution < -0.4 is 4.90 Å². The zero-order chi connectivity index (χ0) is 21.9. The van der Waals surface area contributed by atoms with Crippen molar-refractivity contribution in [2.75, 3.05) is 31.1 Å². The van der Waals surface area contributed by atoms with Gasteiger partial charge in [0, 0.05) is 53.9 Å². The van der Waals surface area contributed by atoms with E-state index >= 15 is 0 Å². The van der Waals surface area contributed by atoms with Gasteiger partial charge in [0.1, 0.15) is 28.7 Å². The highest BCUT2D eigenvalue weighted by Gasteiger charge is 2.48. The SMILES string of the molecule is CCc1cc2c(N3CCC4(CN(Cc5ccc6[nH]c(C#N)cc6c5C)C4)C3)ncnc2s1. The number of anilines is 1. The molecule has 0 atom stereocenters. The molecule has 0 radical (unpaired) electrons. The second kappa shape index (κ2) is 7.29. The molecule has 6 nitrogen and oxygen atoms in total. The van der Waals surface area contributed by atoms with Gasteiger partial charge in [-0.2, -0.15) is 5.26 Å². The highest BCUT2D eigenvalue weighted by molar-refractivity contribution is 7.18. The average molecular weight is 443 g/mol. The quantitative estimate of drug-likeness (QED) is 0.499. The van der Waals surface area contributed by atoms with E-state index in [4.69, 9.17) is 0 Å². The Morgan fingerprint density at radius 2 is 2.06 bits per heavy atom. The molecule has 162 valence electrons. The number of hydrogen-bond donors (Lipinski definition) is 1. The van der Waals surface area contributed by atoms with Crippen molar-refractivity contribution in [3.63, 3.8) is 0 Å². The molecule has 2 saturated heterocycles. The third-order valence-corrected chi connectivity index (χ3v) is 8.45. The number of benzene rings is 1.